The highest BCUT2D eigenvalue weighted by Gasteiger charge is 2.96. The Hall–Kier alpha value is -2.90. The van der Waals surface area contributed by atoms with Gasteiger partial charge in [0.1, 0.15) is 11.8 Å². The van der Waals surface area contributed by atoms with Crippen LogP contribution in [0.25, 0.3) is 0 Å². The van der Waals surface area contributed by atoms with E-state index >= 15 is 8.78 Å². The predicted molar refractivity (Wildman–Crippen MR) is 123 cm³/mol. The van der Waals surface area contributed by atoms with Crippen molar-refractivity contribution in [1.29, 1.82) is 0 Å². The molecule has 1 aliphatic heterocycles. The third-order valence-corrected chi connectivity index (χ3v) is 7.66. The van der Waals surface area contributed by atoms with E-state index in [0.29, 0.717) is 4.57 Å². The number of carbonyl (C=O) groups is 1. The number of fused-ring (bicyclic) bond motifs is 1. The van der Waals surface area contributed by atoms with Crippen molar-refractivity contribution in [1.82, 2.24) is 14.6 Å². The Morgan fingerprint density at radius 3 is 2.41 bits per heavy atom. The first kappa shape index (κ1) is 27.1. The maximum Gasteiger partial charge on any atom is 0.460 e. The predicted octanol–water partition coefficient (Wildman–Crippen LogP) is 1.71. The number of ether oxygens (including phenoxy) is 2. The van der Waals surface area contributed by atoms with E-state index in [-0.39, 0.29) is 5.75 Å². The Kier molecular flexibility index (Phi) is 6.70. The van der Waals surface area contributed by atoms with Crippen molar-refractivity contribution in [3.8, 4) is 5.75 Å². The van der Waals surface area contributed by atoms with Gasteiger partial charge in [0.2, 0.25) is 0 Å². The van der Waals surface area contributed by atoms with Crippen molar-refractivity contribution in [3.63, 3.8) is 0 Å². The molecule has 1 saturated carbocycles. The highest BCUT2D eigenvalue weighted by atomic mass is 31.2. The molecule has 1 aromatic carbocycles. The fourth-order valence-corrected chi connectivity index (χ4v) is 5.81. The monoisotopic (exact) mass is 545 g/mol. The third kappa shape index (κ3) is 4.53. The van der Waals surface area contributed by atoms with Crippen LogP contribution in [0.5, 0.6) is 5.75 Å². The molecule has 15 heteroatoms. The van der Waals surface area contributed by atoms with Crippen LogP contribution in [0.3, 0.4) is 0 Å². The lowest BCUT2D eigenvalue weighted by molar-refractivity contribution is -0.159. The van der Waals surface area contributed by atoms with E-state index in [1.165, 1.54) is 19.1 Å². The Balaban J connectivity index is 1.62. The summed E-state index contributed by atoms with van der Waals surface area (Å²) in [4.78, 5) is 37.6. The quantitative estimate of drug-likeness (QED) is 0.313. The van der Waals surface area contributed by atoms with Crippen molar-refractivity contribution in [2.45, 2.75) is 69.3 Å². The molecule has 0 bridgehead atoms. The molecule has 202 valence electrons. The molecule has 2 fully saturated rings. The van der Waals surface area contributed by atoms with Crippen LogP contribution in [0, 0.1) is 0 Å². The number of aliphatic hydroxyl groups is 1. The second-order valence-electron chi connectivity index (χ2n) is 9.20. The van der Waals surface area contributed by atoms with Crippen LogP contribution in [-0.2, 0) is 23.4 Å². The fourth-order valence-electron chi connectivity index (χ4n) is 4.11. The molecule has 37 heavy (non-hydrogen) atoms. The Bertz CT molecular complexity index is 1350. The number of rotatable bonds is 9. The Morgan fingerprint density at radius 2 is 1.86 bits per heavy atom. The van der Waals surface area contributed by atoms with E-state index in [9.17, 15) is 24.1 Å². The number of nitrogens with zero attached hydrogens (tertiary/aromatic N) is 1. The average Bonchev–Trinajstić information content (AvgIpc) is 3.19. The zero-order valence-corrected chi connectivity index (χ0v) is 21.1. The molecule has 1 aliphatic carbocycles. The molecule has 2 aliphatic rings. The third-order valence-electron chi connectivity index (χ3n) is 6.02. The van der Waals surface area contributed by atoms with Crippen LogP contribution < -0.4 is 20.9 Å². The molecule has 0 spiro atoms. The lowest BCUT2D eigenvalue weighted by atomic mass is 9.97. The smallest absolute Gasteiger partial charge is 0.460 e. The lowest BCUT2D eigenvalue weighted by Gasteiger charge is -2.31. The number of aromatic amines is 1. The van der Waals surface area contributed by atoms with Gasteiger partial charge in [0.25, 0.3) is 11.4 Å². The van der Waals surface area contributed by atoms with Crippen molar-refractivity contribution in [3.05, 3.63) is 63.4 Å². The maximum absolute atomic E-state index is 15.9. The largest absolute Gasteiger partial charge is 0.462 e. The highest BCUT2D eigenvalue weighted by molar-refractivity contribution is 7.52. The highest BCUT2D eigenvalue weighted by Crippen LogP contribution is 2.72. The van der Waals surface area contributed by atoms with Crippen LogP contribution in [0.15, 0.2) is 52.2 Å². The standard InChI is InChI=1S/C22H26F2N3O9P/c1-12(2)33-16(29)13(3)26-37(32,35-14-8-6-5-7-9-14)36-17-21(31)20(4,23)18(34-22(17,21)24)27-11-10-15(28)25-19(27)30/h5-13,17-18,31H,1-4H3,(H,26,32)(H,25,28,30)/t13-,17?,18+,20-,21-,22+,37?/m0/s1. The van der Waals surface area contributed by atoms with E-state index in [1.807, 2.05) is 4.98 Å². The van der Waals surface area contributed by atoms with E-state index < -0.39 is 66.6 Å². The Labute approximate surface area is 209 Å². The van der Waals surface area contributed by atoms with Crippen molar-refractivity contribution in [2.75, 3.05) is 0 Å². The zero-order valence-electron chi connectivity index (χ0n) is 20.2. The van der Waals surface area contributed by atoms with E-state index in [4.69, 9.17) is 18.5 Å². The van der Waals surface area contributed by atoms with Gasteiger partial charge in [0.15, 0.2) is 23.6 Å². The van der Waals surface area contributed by atoms with Gasteiger partial charge >= 0.3 is 19.4 Å². The van der Waals surface area contributed by atoms with Gasteiger partial charge in [-0.25, -0.2) is 18.1 Å². The van der Waals surface area contributed by atoms with Crippen LogP contribution in [-0.4, -0.2) is 56.0 Å². The minimum Gasteiger partial charge on any atom is -0.462 e. The number of para-hydroxylation sites is 1. The zero-order chi connectivity index (χ0) is 27.4. The average molecular weight is 545 g/mol. The SMILES string of the molecule is CC(C)OC(=O)[C@H](C)NP(=O)(Oc1ccccc1)OC1[C@]2(O)[C@@](C)(F)[C@H](n3ccc(=O)[nH]c3=O)O[C@]12F. The molecular formula is C22H26F2N3O9P. The van der Waals surface area contributed by atoms with Crippen LogP contribution >= 0.6 is 7.75 Å². The maximum atomic E-state index is 15.9. The molecule has 2 unspecified atom stereocenters. The first-order valence-corrected chi connectivity index (χ1v) is 12.8. The number of hydrogen-bond acceptors (Lipinski definition) is 9. The molecule has 12 nitrogen and oxygen atoms in total. The number of alkyl halides is 2. The molecule has 0 amide bonds. The number of H-pyrrole nitrogens is 1. The summed E-state index contributed by atoms with van der Waals surface area (Å²) in [5.41, 5.74) is -7.95. The minimum atomic E-state index is -4.71. The summed E-state index contributed by atoms with van der Waals surface area (Å²) in [6.45, 7) is 5.24. The van der Waals surface area contributed by atoms with Crippen LogP contribution in [0.2, 0.25) is 0 Å². The molecule has 4 rings (SSSR count). The fraction of sp³-hybridized carbons (Fsp3) is 0.500. The summed E-state index contributed by atoms with van der Waals surface area (Å²) in [6.07, 6.45) is -3.82. The van der Waals surface area contributed by atoms with Gasteiger partial charge in [-0.3, -0.25) is 23.7 Å². The van der Waals surface area contributed by atoms with Gasteiger partial charge in [0.05, 0.1) is 6.10 Å². The van der Waals surface area contributed by atoms with Crippen molar-refractivity contribution >= 4 is 13.7 Å². The summed E-state index contributed by atoms with van der Waals surface area (Å²) >= 11 is 0. The van der Waals surface area contributed by atoms with Gasteiger partial charge in [-0.1, -0.05) is 18.2 Å². The first-order valence-electron chi connectivity index (χ1n) is 11.3. The van der Waals surface area contributed by atoms with Crippen LogP contribution in [0.1, 0.15) is 33.9 Å². The van der Waals surface area contributed by atoms with Crippen LogP contribution in [0.4, 0.5) is 8.78 Å². The molecule has 7 atom stereocenters. The number of esters is 1. The van der Waals surface area contributed by atoms with Gasteiger partial charge in [-0.15, -0.1) is 0 Å². The van der Waals surface area contributed by atoms with E-state index in [2.05, 4.69) is 5.09 Å². The second-order valence-corrected chi connectivity index (χ2v) is 10.8. The molecule has 2 heterocycles. The summed E-state index contributed by atoms with van der Waals surface area (Å²) in [5, 5.41) is 13.3. The second kappa shape index (κ2) is 9.14. The van der Waals surface area contributed by atoms with Gasteiger partial charge in [0, 0.05) is 12.3 Å². The summed E-state index contributed by atoms with van der Waals surface area (Å²) in [7, 11) is -4.71. The van der Waals surface area contributed by atoms with Crippen molar-refractivity contribution in [2.24, 2.45) is 0 Å². The number of carbonyl (C=O) groups excluding carboxylic acids is 1. The summed E-state index contributed by atoms with van der Waals surface area (Å²) < 4.78 is 66.8. The van der Waals surface area contributed by atoms with Crippen molar-refractivity contribution < 1.29 is 41.8 Å². The van der Waals surface area contributed by atoms with E-state index in [0.717, 1.165) is 19.2 Å². The normalized spacial score (nSPS) is 32.9. The number of benzene rings is 1. The topological polar surface area (TPSA) is 158 Å². The molecule has 1 saturated heterocycles. The molecular weight excluding hydrogens is 519 g/mol. The van der Waals surface area contributed by atoms with E-state index in [1.54, 1.807) is 32.0 Å². The number of hydrogen-bond donors (Lipinski definition) is 3. The lowest BCUT2D eigenvalue weighted by Crippen LogP contribution is -2.48. The minimum absolute atomic E-state index is 0.00457. The Morgan fingerprint density at radius 1 is 1.22 bits per heavy atom. The molecule has 0 radical (unpaired) electrons. The van der Waals surface area contributed by atoms with Gasteiger partial charge in [-0.2, -0.15) is 5.09 Å². The summed E-state index contributed by atoms with van der Waals surface area (Å²) in [6, 6.07) is 7.12. The molecule has 2 aromatic rings. The molecule has 3 N–H and O–H groups in total. The van der Waals surface area contributed by atoms with Gasteiger partial charge < -0.3 is 19.1 Å². The summed E-state index contributed by atoms with van der Waals surface area (Å²) in [5.74, 6) is -4.10. The first-order chi connectivity index (χ1) is 17.1. The number of halogens is 2. The number of nitrogens with one attached hydrogen (secondary N) is 2. The molecule has 1 aromatic heterocycles. The van der Waals surface area contributed by atoms with Gasteiger partial charge in [-0.05, 0) is 39.8 Å². The number of aromatic nitrogens is 2.